The van der Waals surface area contributed by atoms with E-state index < -0.39 is 0 Å². The molecular weight excluding hydrogens is 300 g/mol. The van der Waals surface area contributed by atoms with Gasteiger partial charge in [0, 0.05) is 6.20 Å². The zero-order chi connectivity index (χ0) is 16.1. The third-order valence-electron chi connectivity index (χ3n) is 3.50. The summed E-state index contributed by atoms with van der Waals surface area (Å²) < 4.78 is 0. The number of benzene rings is 1. The fourth-order valence-electron chi connectivity index (χ4n) is 2.32. The molecule has 5 heteroatoms. The number of carbonyl (C=O) groups is 1. The fourth-order valence-corrected chi connectivity index (χ4v) is 2.52. The highest BCUT2D eigenvalue weighted by Crippen LogP contribution is 2.24. The SMILES string of the molecule is CC[C@@H](NC(=O)Cc1ccc(O)c(Cl)c1)c1ncccc1C. The van der Waals surface area contributed by atoms with Crippen molar-refractivity contribution in [1.82, 2.24) is 10.3 Å². The number of nitrogens with zero attached hydrogens (tertiary/aromatic N) is 1. The summed E-state index contributed by atoms with van der Waals surface area (Å²) in [6, 6.07) is 8.53. The van der Waals surface area contributed by atoms with E-state index in [0.717, 1.165) is 23.2 Å². The Balaban J connectivity index is 2.06. The monoisotopic (exact) mass is 318 g/mol. The molecule has 0 saturated carbocycles. The van der Waals surface area contributed by atoms with Gasteiger partial charge in [0.05, 0.1) is 23.2 Å². The van der Waals surface area contributed by atoms with Gasteiger partial charge in [0.25, 0.3) is 0 Å². The molecule has 2 aromatic rings. The molecule has 0 radical (unpaired) electrons. The van der Waals surface area contributed by atoms with Crippen molar-refractivity contribution in [2.24, 2.45) is 0 Å². The average molecular weight is 319 g/mol. The molecule has 0 fully saturated rings. The Morgan fingerprint density at radius 2 is 2.18 bits per heavy atom. The molecule has 4 nitrogen and oxygen atoms in total. The second kappa shape index (κ2) is 7.27. The van der Waals surface area contributed by atoms with Crippen LogP contribution in [0.3, 0.4) is 0 Å². The van der Waals surface area contributed by atoms with E-state index in [-0.39, 0.29) is 29.1 Å². The Hall–Kier alpha value is -2.07. The number of phenols is 1. The summed E-state index contributed by atoms with van der Waals surface area (Å²) in [5, 5.41) is 12.6. The summed E-state index contributed by atoms with van der Waals surface area (Å²) in [4.78, 5) is 16.6. The molecule has 1 aromatic carbocycles. The Morgan fingerprint density at radius 3 is 2.82 bits per heavy atom. The van der Waals surface area contributed by atoms with E-state index in [1.807, 2.05) is 26.0 Å². The van der Waals surface area contributed by atoms with Crippen molar-refractivity contribution in [3.05, 3.63) is 58.4 Å². The largest absolute Gasteiger partial charge is 0.506 e. The second-order valence-corrected chi connectivity index (χ2v) is 5.60. The molecule has 116 valence electrons. The number of phenolic OH excluding ortho intramolecular Hbond substituents is 1. The Labute approximate surface area is 135 Å². The lowest BCUT2D eigenvalue weighted by atomic mass is 10.0. The first-order chi connectivity index (χ1) is 10.5. The van der Waals surface area contributed by atoms with Crippen LogP contribution in [0.4, 0.5) is 0 Å². The lowest BCUT2D eigenvalue weighted by molar-refractivity contribution is -0.121. The van der Waals surface area contributed by atoms with E-state index in [0.29, 0.717) is 0 Å². The van der Waals surface area contributed by atoms with Gasteiger partial charge in [-0.15, -0.1) is 0 Å². The lowest BCUT2D eigenvalue weighted by Gasteiger charge is -2.18. The Morgan fingerprint density at radius 1 is 1.41 bits per heavy atom. The summed E-state index contributed by atoms with van der Waals surface area (Å²) >= 11 is 5.86. The van der Waals surface area contributed by atoms with Gasteiger partial charge in [-0.3, -0.25) is 9.78 Å². The number of hydrogen-bond acceptors (Lipinski definition) is 3. The molecule has 0 spiro atoms. The molecule has 22 heavy (non-hydrogen) atoms. The van der Waals surface area contributed by atoms with Crippen LogP contribution in [0.1, 0.15) is 36.2 Å². The van der Waals surface area contributed by atoms with Gasteiger partial charge in [0.15, 0.2) is 0 Å². The van der Waals surface area contributed by atoms with Crippen LogP contribution in [-0.4, -0.2) is 16.0 Å². The molecule has 0 aliphatic rings. The molecule has 0 aliphatic carbocycles. The standard InChI is InChI=1S/C17H19ClN2O2/c1-3-14(17-11(2)5-4-8-19-17)20-16(22)10-12-6-7-15(21)13(18)9-12/h4-9,14,21H,3,10H2,1-2H3,(H,20,22)/t14-/m1/s1. The number of aromatic nitrogens is 1. The van der Waals surface area contributed by atoms with Gasteiger partial charge in [-0.1, -0.05) is 30.7 Å². The van der Waals surface area contributed by atoms with Gasteiger partial charge >= 0.3 is 0 Å². The summed E-state index contributed by atoms with van der Waals surface area (Å²) in [5.74, 6) is -0.0833. The van der Waals surface area contributed by atoms with Gasteiger partial charge < -0.3 is 10.4 Å². The summed E-state index contributed by atoms with van der Waals surface area (Å²) in [6.45, 7) is 3.99. The molecular formula is C17H19ClN2O2. The average Bonchev–Trinajstić information content (AvgIpc) is 2.49. The van der Waals surface area contributed by atoms with Crippen molar-refractivity contribution < 1.29 is 9.90 Å². The smallest absolute Gasteiger partial charge is 0.224 e. The minimum atomic E-state index is -0.110. The van der Waals surface area contributed by atoms with Crippen molar-refractivity contribution in [2.75, 3.05) is 0 Å². The van der Waals surface area contributed by atoms with Crippen LogP contribution < -0.4 is 5.32 Å². The highest BCUT2D eigenvalue weighted by atomic mass is 35.5. The Bertz CT molecular complexity index is 673. The van der Waals surface area contributed by atoms with Crippen LogP contribution in [0.15, 0.2) is 36.5 Å². The maximum Gasteiger partial charge on any atom is 0.224 e. The zero-order valence-corrected chi connectivity index (χ0v) is 13.4. The van der Waals surface area contributed by atoms with E-state index in [1.54, 1.807) is 18.3 Å². The normalized spacial score (nSPS) is 12.0. The van der Waals surface area contributed by atoms with Gasteiger partial charge in [-0.2, -0.15) is 0 Å². The summed E-state index contributed by atoms with van der Waals surface area (Å²) in [6.07, 6.45) is 2.71. The maximum atomic E-state index is 12.2. The number of hydrogen-bond donors (Lipinski definition) is 2. The maximum absolute atomic E-state index is 12.2. The van der Waals surface area contributed by atoms with Crippen molar-refractivity contribution in [2.45, 2.75) is 32.7 Å². The van der Waals surface area contributed by atoms with Crippen LogP contribution in [0.25, 0.3) is 0 Å². The predicted octanol–water partition coefficient (Wildman–Crippen LogP) is 3.56. The quantitative estimate of drug-likeness (QED) is 0.886. The molecule has 0 saturated heterocycles. The first-order valence-electron chi connectivity index (χ1n) is 7.19. The van der Waals surface area contributed by atoms with E-state index in [1.165, 1.54) is 6.07 Å². The van der Waals surface area contributed by atoms with E-state index in [4.69, 9.17) is 11.6 Å². The van der Waals surface area contributed by atoms with E-state index in [9.17, 15) is 9.90 Å². The number of amides is 1. The van der Waals surface area contributed by atoms with Crippen molar-refractivity contribution in [1.29, 1.82) is 0 Å². The zero-order valence-electron chi connectivity index (χ0n) is 12.6. The van der Waals surface area contributed by atoms with Crippen molar-refractivity contribution in [3.8, 4) is 5.75 Å². The van der Waals surface area contributed by atoms with E-state index >= 15 is 0 Å². The highest BCUT2D eigenvalue weighted by Gasteiger charge is 2.16. The molecule has 1 amide bonds. The van der Waals surface area contributed by atoms with Crippen LogP contribution in [0.2, 0.25) is 5.02 Å². The third kappa shape index (κ3) is 3.98. The number of carbonyl (C=O) groups excluding carboxylic acids is 1. The number of nitrogens with one attached hydrogen (secondary N) is 1. The minimum absolute atomic E-state index is 0.0152. The fraction of sp³-hybridized carbons (Fsp3) is 0.294. The molecule has 0 unspecified atom stereocenters. The minimum Gasteiger partial charge on any atom is -0.506 e. The van der Waals surface area contributed by atoms with Crippen LogP contribution >= 0.6 is 11.6 Å². The highest BCUT2D eigenvalue weighted by molar-refractivity contribution is 6.32. The van der Waals surface area contributed by atoms with Gasteiger partial charge in [-0.25, -0.2) is 0 Å². The number of aryl methyl sites for hydroxylation is 1. The molecule has 2 rings (SSSR count). The predicted molar refractivity (Wildman–Crippen MR) is 87.0 cm³/mol. The number of pyridine rings is 1. The van der Waals surface area contributed by atoms with Crippen LogP contribution in [0.5, 0.6) is 5.75 Å². The second-order valence-electron chi connectivity index (χ2n) is 5.20. The molecule has 1 heterocycles. The van der Waals surface area contributed by atoms with Crippen LogP contribution in [-0.2, 0) is 11.2 Å². The van der Waals surface area contributed by atoms with Crippen molar-refractivity contribution >= 4 is 17.5 Å². The number of aromatic hydroxyl groups is 1. The van der Waals surface area contributed by atoms with Gasteiger partial charge in [0.1, 0.15) is 5.75 Å². The molecule has 0 aliphatic heterocycles. The van der Waals surface area contributed by atoms with Crippen molar-refractivity contribution in [3.63, 3.8) is 0 Å². The number of rotatable bonds is 5. The summed E-state index contributed by atoms with van der Waals surface area (Å²) in [5.41, 5.74) is 2.71. The first kappa shape index (κ1) is 16.3. The molecule has 1 aromatic heterocycles. The Kier molecular flexibility index (Phi) is 5.39. The van der Waals surface area contributed by atoms with Crippen LogP contribution in [0, 0.1) is 6.92 Å². The molecule has 2 N–H and O–H groups in total. The molecule has 1 atom stereocenters. The summed E-state index contributed by atoms with van der Waals surface area (Å²) in [7, 11) is 0. The topological polar surface area (TPSA) is 62.2 Å². The van der Waals surface area contributed by atoms with Gasteiger partial charge in [-0.05, 0) is 42.7 Å². The van der Waals surface area contributed by atoms with E-state index in [2.05, 4.69) is 10.3 Å². The lowest BCUT2D eigenvalue weighted by Crippen LogP contribution is -2.30. The molecule has 0 bridgehead atoms. The number of halogens is 1. The van der Waals surface area contributed by atoms with Gasteiger partial charge in [0.2, 0.25) is 5.91 Å². The third-order valence-corrected chi connectivity index (χ3v) is 3.80. The first-order valence-corrected chi connectivity index (χ1v) is 7.57.